The highest BCUT2D eigenvalue weighted by atomic mass is 16.1. The second-order valence-corrected chi connectivity index (χ2v) is 5.24. The number of nitrogens with zero attached hydrogens (tertiary/aromatic N) is 1. The van der Waals surface area contributed by atoms with E-state index in [4.69, 9.17) is 11.5 Å². The molecule has 1 aromatic carbocycles. The maximum absolute atomic E-state index is 11.4. The van der Waals surface area contributed by atoms with Gasteiger partial charge in [0.1, 0.15) is 0 Å². The molecule has 2 atom stereocenters. The van der Waals surface area contributed by atoms with E-state index < -0.39 is 0 Å². The Morgan fingerprint density at radius 1 is 1.37 bits per heavy atom. The van der Waals surface area contributed by atoms with E-state index in [1.54, 1.807) is 0 Å². The molecular formula is C15H23N3O. The van der Waals surface area contributed by atoms with Crippen LogP contribution in [0.5, 0.6) is 0 Å². The van der Waals surface area contributed by atoms with Crippen molar-refractivity contribution in [2.75, 3.05) is 19.6 Å². The number of amides is 1. The van der Waals surface area contributed by atoms with Crippen LogP contribution in [0.2, 0.25) is 0 Å². The number of nitrogens with two attached hydrogens (primary N) is 2. The molecule has 2 rings (SSSR count). The van der Waals surface area contributed by atoms with Crippen molar-refractivity contribution in [2.45, 2.75) is 25.3 Å². The Kier molecular flexibility index (Phi) is 4.93. The minimum Gasteiger partial charge on any atom is -0.369 e. The number of piperidine rings is 1. The third-order valence-electron chi connectivity index (χ3n) is 3.92. The van der Waals surface area contributed by atoms with E-state index in [1.807, 2.05) is 18.2 Å². The van der Waals surface area contributed by atoms with Crippen molar-refractivity contribution in [3.05, 3.63) is 35.9 Å². The largest absolute Gasteiger partial charge is 0.369 e. The van der Waals surface area contributed by atoms with Gasteiger partial charge in [0.25, 0.3) is 0 Å². The number of carbonyl (C=O) groups is 1. The molecule has 1 amide bonds. The lowest BCUT2D eigenvalue weighted by Gasteiger charge is -2.37. The van der Waals surface area contributed by atoms with Gasteiger partial charge in [0, 0.05) is 12.6 Å². The Balaban J connectivity index is 2.12. The molecule has 0 saturated carbocycles. The molecule has 104 valence electrons. The maximum Gasteiger partial charge on any atom is 0.221 e. The van der Waals surface area contributed by atoms with Gasteiger partial charge >= 0.3 is 0 Å². The molecule has 1 aliphatic heterocycles. The minimum absolute atomic E-state index is 0.0160. The van der Waals surface area contributed by atoms with Crippen LogP contribution in [-0.4, -0.2) is 30.4 Å². The molecule has 0 bridgehead atoms. The first-order valence-electron chi connectivity index (χ1n) is 7.00. The van der Waals surface area contributed by atoms with Crippen molar-refractivity contribution in [1.29, 1.82) is 0 Å². The zero-order valence-electron chi connectivity index (χ0n) is 11.3. The van der Waals surface area contributed by atoms with Gasteiger partial charge in [0.2, 0.25) is 5.91 Å². The highest BCUT2D eigenvalue weighted by molar-refractivity contribution is 5.76. The first kappa shape index (κ1) is 14.0. The Hall–Kier alpha value is -1.39. The summed E-state index contributed by atoms with van der Waals surface area (Å²) in [7, 11) is 0. The number of carbonyl (C=O) groups excluding carboxylic acids is 1. The number of benzene rings is 1. The zero-order valence-corrected chi connectivity index (χ0v) is 11.3. The number of hydrogen-bond donors (Lipinski definition) is 2. The summed E-state index contributed by atoms with van der Waals surface area (Å²) in [6, 6.07) is 10.7. The van der Waals surface area contributed by atoms with Crippen LogP contribution in [0.3, 0.4) is 0 Å². The van der Waals surface area contributed by atoms with E-state index in [-0.39, 0.29) is 11.8 Å². The van der Waals surface area contributed by atoms with Gasteiger partial charge in [0.05, 0.1) is 5.92 Å². The number of primary amides is 1. The van der Waals surface area contributed by atoms with E-state index in [2.05, 4.69) is 17.0 Å². The second-order valence-electron chi connectivity index (χ2n) is 5.24. The summed E-state index contributed by atoms with van der Waals surface area (Å²) in [6.45, 7) is 2.43. The predicted molar refractivity (Wildman–Crippen MR) is 76.3 cm³/mol. The maximum atomic E-state index is 11.4. The first-order valence-corrected chi connectivity index (χ1v) is 7.00. The molecule has 0 aliphatic carbocycles. The number of hydrogen-bond acceptors (Lipinski definition) is 3. The lowest BCUT2D eigenvalue weighted by Crippen LogP contribution is -2.43. The smallest absolute Gasteiger partial charge is 0.221 e. The second kappa shape index (κ2) is 6.68. The van der Waals surface area contributed by atoms with Crippen LogP contribution in [0.25, 0.3) is 0 Å². The van der Waals surface area contributed by atoms with Gasteiger partial charge in [-0.3, -0.25) is 9.69 Å². The Labute approximate surface area is 114 Å². The summed E-state index contributed by atoms with van der Waals surface area (Å²) < 4.78 is 0. The molecule has 1 aliphatic rings. The fraction of sp³-hybridized carbons (Fsp3) is 0.533. The van der Waals surface area contributed by atoms with Crippen molar-refractivity contribution >= 4 is 5.91 Å². The molecule has 0 spiro atoms. The van der Waals surface area contributed by atoms with Crippen LogP contribution < -0.4 is 11.5 Å². The third-order valence-corrected chi connectivity index (χ3v) is 3.92. The Morgan fingerprint density at radius 2 is 2.11 bits per heavy atom. The fourth-order valence-electron chi connectivity index (χ4n) is 2.91. The van der Waals surface area contributed by atoms with Gasteiger partial charge in [-0.1, -0.05) is 30.3 Å². The third kappa shape index (κ3) is 3.55. The molecule has 2 unspecified atom stereocenters. The van der Waals surface area contributed by atoms with Crippen molar-refractivity contribution in [1.82, 2.24) is 4.90 Å². The summed E-state index contributed by atoms with van der Waals surface area (Å²) >= 11 is 0. The normalized spacial score (nSPS) is 22.1. The quantitative estimate of drug-likeness (QED) is 0.838. The molecule has 4 heteroatoms. The van der Waals surface area contributed by atoms with E-state index in [1.165, 1.54) is 5.56 Å². The fourth-order valence-corrected chi connectivity index (χ4v) is 2.91. The average molecular weight is 261 g/mol. The SMILES string of the molecule is NCCC(c1ccccc1)N1CCCC(C(N)=O)C1. The molecule has 1 fully saturated rings. The lowest BCUT2D eigenvalue weighted by molar-refractivity contribution is -0.123. The van der Waals surface area contributed by atoms with Crippen molar-refractivity contribution in [2.24, 2.45) is 17.4 Å². The molecule has 1 saturated heterocycles. The summed E-state index contributed by atoms with van der Waals surface area (Å²) in [4.78, 5) is 13.7. The van der Waals surface area contributed by atoms with Crippen molar-refractivity contribution in [3.63, 3.8) is 0 Å². The number of likely N-dealkylation sites (tertiary alicyclic amines) is 1. The van der Waals surface area contributed by atoms with Crippen molar-refractivity contribution < 1.29 is 4.79 Å². The van der Waals surface area contributed by atoms with Crippen LogP contribution >= 0.6 is 0 Å². The standard InChI is InChI=1S/C15H23N3O/c16-9-8-14(12-5-2-1-3-6-12)18-10-4-7-13(11-18)15(17)19/h1-3,5-6,13-14H,4,7-11,16H2,(H2,17,19). The predicted octanol–water partition coefficient (Wildman–Crippen LogP) is 1.27. The highest BCUT2D eigenvalue weighted by Gasteiger charge is 2.28. The molecule has 4 nitrogen and oxygen atoms in total. The van der Waals surface area contributed by atoms with Gasteiger partial charge in [-0.15, -0.1) is 0 Å². The topological polar surface area (TPSA) is 72.3 Å². The van der Waals surface area contributed by atoms with Gasteiger partial charge < -0.3 is 11.5 Å². The number of rotatable bonds is 5. The van der Waals surface area contributed by atoms with Gasteiger partial charge in [0.15, 0.2) is 0 Å². The Morgan fingerprint density at radius 3 is 2.74 bits per heavy atom. The van der Waals surface area contributed by atoms with Crippen molar-refractivity contribution in [3.8, 4) is 0 Å². The van der Waals surface area contributed by atoms with Gasteiger partial charge in [-0.25, -0.2) is 0 Å². The van der Waals surface area contributed by atoms with Crippen LogP contribution in [0, 0.1) is 5.92 Å². The highest BCUT2D eigenvalue weighted by Crippen LogP contribution is 2.28. The van der Waals surface area contributed by atoms with Crippen LogP contribution in [0.4, 0.5) is 0 Å². The Bertz CT molecular complexity index is 407. The lowest BCUT2D eigenvalue weighted by atomic mass is 9.93. The molecule has 0 aromatic heterocycles. The summed E-state index contributed by atoms with van der Waals surface area (Å²) in [6.07, 6.45) is 2.85. The van der Waals surface area contributed by atoms with E-state index in [0.717, 1.165) is 32.4 Å². The first-order chi connectivity index (χ1) is 9.22. The average Bonchev–Trinajstić information content (AvgIpc) is 2.46. The summed E-state index contributed by atoms with van der Waals surface area (Å²) in [5, 5.41) is 0. The molecular weight excluding hydrogens is 238 g/mol. The summed E-state index contributed by atoms with van der Waals surface area (Å²) in [5.41, 5.74) is 12.5. The zero-order chi connectivity index (χ0) is 13.7. The van der Waals surface area contributed by atoms with E-state index >= 15 is 0 Å². The minimum atomic E-state index is -0.177. The van der Waals surface area contributed by atoms with E-state index in [9.17, 15) is 4.79 Å². The molecule has 0 radical (unpaired) electrons. The monoisotopic (exact) mass is 261 g/mol. The van der Waals surface area contributed by atoms with Gasteiger partial charge in [-0.05, 0) is 37.9 Å². The molecule has 1 heterocycles. The van der Waals surface area contributed by atoms with Crippen LogP contribution in [0.15, 0.2) is 30.3 Å². The molecule has 1 aromatic rings. The van der Waals surface area contributed by atoms with E-state index in [0.29, 0.717) is 12.6 Å². The molecule has 19 heavy (non-hydrogen) atoms. The summed E-state index contributed by atoms with van der Waals surface area (Å²) in [5.74, 6) is -0.193. The molecule has 4 N–H and O–H groups in total. The van der Waals surface area contributed by atoms with Crippen LogP contribution in [-0.2, 0) is 4.79 Å². The van der Waals surface area contributed by atoms with Crippen LogP contribution in [0.1, 0.15) is 30.9 Å². The van der Waals surface area contributed by atoms with Gasteiger partial charge in [-0.2, -0.15) is 0 Å².